The molecule has 1 rings (SSSR count). The molecule has 6 heteroatoms. The summed E-state index contributed by atoms with van der Waals surface area (Å²) in [6, 6.07) is 4.21. The Morgan fingerprint density at radius 1 is 1.36 bits per heavy atom. The maximum Gasteiger partial charge on any atom is 0.319 e. The van der Waals surface area contributed by atoms with Crippen molar-refractivity contribution in [3.63, 3.8) is 0 Å². The molecule has 0 saturated heterocycles. The molecule has 22 heavy (non-hydrogen) atoms. The van der Waals surface area contributed by atoms with Gasteiger partial charge in [0.1, 0.15) is 5.82 Å². The van der Waals surface area contributed by atoms with Crippen LogP contribution in [0.15, 0.2) is 22.7 Å². The van der Waals surface area contributed by atoms with Crippen LogP contribution in [-0.4, -0.2) is 36.6 Å². The van der Waals surface area contributed by atoms with Crippen LogP contribution in [-0.2, 0) is 0 Å². The van der Waals surface area contributed by atoms with Crippen LogP contribution in [0.4, 0.5) is 14.9 Å². The van der Waals surface area contributed by atoms with Crippen molar-refractivity contribution in [2.75, 3.05) is 25.0 Å². The Labute approximate surface area is 140 Å². The number of halogens is 2. The third kappa shape index (κ3) is 6.75. The number of urea groups is 1. The molecular formula is C16H25BrFN3O. The molecule has 1 atom stereocenters. The molecule has 0 aliphatic carbocycles. The highest BCUT2D eigenvalue weighted by atomic mass is 79.9. The smallest absolute Gasteiger partial charge is 0.319 e. The summed E-state index contributed by atoms with van der Waals surface area (Å²) in [7, 11) is 0. The first-order valence-corrected chi connectivity index (χ1v) is 8.50. The third-order valence-corrected chi connectivity index (χ3v) is 4.06. The predicted octanol–water partition coefficient (Wildman–Crippen LogP) is 4.22. The number of nitrogens with zero attached hydrogens (tertiary/aromatic N) is 1. The molecule has 0 bridgehead atoms. The molecule has 2 amide bonds. The van der Waals surface area contributed by atoms with E-state index in [-0.39, 0.29) is 17.8 Å². The van der Waals surface area contributed by atoms with Gasteiger partial charge >= 0.3 is 6.03 Å². The van der Waals surface area contributed by atoms with E-state index in [1.807, 2.05) is 6.92 Å². The van der Waals surface area contributed by atoms with Crippen LogP contribution in [0.5, 0.6) is 0 Å². The first-order chi connectivity index (χ1) is 10.5. The van der Waals surface area contributed by atoms with E-state index < -0.39 is 5.82 Å². The van der Waals surface area contributed by atoms with Gasteiger partial charge in [0.05, 0.1) is 5.69 Å². The van der Waals surface area contributed by atoms with Crippen LogP contribution in [0.1, 0.15) is 33.6 Å². The van der Waals surface area contributed by atoms with Gasteiger partial charge in [0, 0.05) is 10.5 Å². The molecule has 1 unspecified atom stereocenters. The van der Waals surface area contributed by atoms with Crippen LogP contribution in [0, 0.1) is 5.82 Å². The Balaban J connectivity index is 2.35. The quantitative estimate of drug-likeness (QED) is 0.716. The third-order valence-electron chi connectivity index (χ3n) is 3.56. The Bertz CT molecular complexity index is 480. The first-order valence-electron chi connectivity index (χ1n) is 7.71. The zero-order valence-corrected chi connectivity index (χ0v) is 15.0. The van der Waals surface area contributed by atoms with Gasteiger partial charge in [-0.05, 0) is 57.6 Å². The van der Waals surface area contributed by atoms with Crippen molar-refractivity contribution in [1.29, 1.82) is 0 Å². The fraction of sp³-hybridized carbons (Fsp3) is 0.562. The molecule has 0 aromatic heterocycles. The number of carbonyl (C=O) groups is 1. The minimum atomic E-state index is -0.460. The van der Waals surface area contributed by atoms with Crippen LogP contribution >= 0.6 is 15.9 Å². The Morgan fingerprint density at radius 2 is 2.05 bits per heavy atom. The van der Waals surface area contributed by atoms with Gasteiger partial charge in [-0.3, -0.25) is 0 Å². The van der Waals surface area contributed by atoms with Gasteiger partial charge < -0.3 is 15.5 Å². The van der Waals surface area contributed by atoms with E-state index in [9.17, 15) is 9.18 Å². The highest BCUT2D eigenvalue weighted by Gasteiger charge is 2.10. The number of amides is 2. The van der Waals surface area contributed by atoms with Crippen LogP contribution in [0.3, 0.4) is 0 Å². The van der Waals surface area contributed by atoms with Crippen LogP contribution in [0.25, 0.3) is 0 Å². The average molecular weight is 374 g/mol. The summed E-state index contributed by atoms with van der Waals surface area (Å²) in [6.07, 6.45) is 1.92. The number of anilines is 1. The van der Waals surface area contributed by atoms with Crippen molar-refractivity contribution in [3.8, 4) is 0 Å². The van der Waals surface area contributed by atoms with Crippen molar-refractivity contribution >= 4 is 27.6 Å². The van der Waals surface area contributed by atoms with E-state index in [0.717, 1.165) is 32.5 Å². The summed E-state index contributed by atoms with van der Waals surface area (Å²) in [4.78, 5) is 14.2. The van der Waals surface area contributed by atoms with Gasteiger partial charge in [-0.25, -0.2) is 9.18 Å². The second-order valence-electron chi connectivity index (χ2n) is 5.29. The van der Waals surface area contributed by atoms with Crippen LogP contribution < -0.4 is 10.6 Å². The molecule has 4 nitrogen and oxygen atoms in total. The molecule has 124 valence electrons. The van der Waals surface area contributed by atoms with Gasteiger partial charge in [-0.2, -0.15) is 0 Å². The summed E-state index contributed by atoms with van der Waals surface area (Å²) in [5.74, 6) is -0.460. The van der Waals surface area contributed by atoms with E-state index in [1.165, 1.54) is 12.1 Å². The minimum absolute atomic E-state index is 0.0501. The second-order valence-corrected chi connectivity index (χ2v) is 6.21. The Hall–Kier alpha value is -1.14. The summed E-state index contributed by atoms with van der Waals surface area (Å²) in [5, 5.41) is 5.37. The van der Waals surface area contributed by atoms with E-state index >= 15 is 0 Å². The SMILES string of the molecule is CCN(CC)CCCC(C)NC(=O)Nc1ccc(Br)cc1F. The molecule has 0 aliphatic rings. The number of rotatable bonds is 8. The largest absolute Gasteiger partial charge is 0.335 e. The topological polar surface area (TPSA) is 44.4 Å². The lowest BCUT2D eigenvalue weighted by Gasteiger charge is -2.20. The normalized spacial score (nSPS) is 12.3. The van der Waals surface area contributed by atoms with Crippen molar-refractivity contribution in [1.82, 2.24) is 10.2 Å². The number of hydrogen-bond donors (Lipinski definition) is 2. The fourth-order valence-corrected chi connectivity index (χ4v) is 2.54. The highest BCUT2D eigenvalue weighted by molar-refractivity contribution is 9.10. The maximum atomic E-state index is 13.6. The summed E-state index contributed by atoms with van der Waals surface area (Å²) < 4.78 is 14.3. The lowest BCUT2D eigenvalue weighted by Crippen LogP contribution is -2.37. The second kappa shape index (κ2) is 9.79. The van der Waals surface area contributed by atoms with E-state index in [4.69, 9.17) is 0 Å². The Morgan fingerprint density at radius 3 is 2.64 bits per heavy atom. The lowest BCUT2D eigenvalue weighted by atomic mass is 10.2. The van der Waals surface area contributed by atoms with Gasteiger partial charge in [0.2, 0.25) is 0 Å². The van der Waals surface area contributed by atoms with Crippen molar-refractivity contribution in [2.24, 2.45) is 0 Å². The molecule has 1 aromatic rings. The standard InChI is InChI=1S/C16H25BrFN3O/c1-4-21(5-2)10-6-7-12(3)19-16(22)20-15-9-8-13(17)11-14(15)18/h8-9,11-12H,4-7,10H2,1-3H3,(H2,19,20,22). The molecule has 0 spiro atoms. The molecule has 1 aromatic carbocycles. The zero-order chi connectivity index (χ0) is 16.5. The van der Waals surface area contributed by atoms with Crippen molar-refractivity contribution in [2.45, 2.75) is 39.7 Å². The summed E-state index contributed by atoms with van der Waals surface area (Å²) in [6.45, 7) is 9.36. The molecule has 0 fully saturated rings. The summed E-state index contributed by atoms with van der Waals surface area (Å²) in [5.41, 5.74) is 0.177. The van der Waals surface area contributed by atoms with E-state index in [0.29, 0.717) is 4.47 Å². The average Bonchev–Trinajstić information content (AvgIpc) is 2.46. The lowest BCUT2D eigenvalue weighted by molar-refractivity contribution is 0.246. The molecular weight excluding hydrogens is 349 g/mol. The van der Waals surface area contributed by atoms with Gasteiger partial charge in [-0.1, -0.05) is 29.8 Å². The summed E-state index contributed by atoms with van der Waals surface area (Å²) >= 11 is 3.18. The zero-order valence-electron chi connectivity index (χ0n) is 13.5. The number of nitrogens with one attached hydrogen (secondary N) is 2. The number of benzene rings is 1. The first kappa shape index (κ1) is 18.9. The fourth-order valence-electron chi connectivity index (χ4n) is 2.21. The van der Waals surface area contributed by atoms with Gasteiger partial charge in [0.25, 0.3) is 0 Å². The van der Waals surface area contributed by atoms with E-state index in [2.05, 4.69) is 45.3 Å². The van der Waals surface area contributed by atoms with Gasteiger partial charge in [-0.15, -0.1) is 0 Å². The number of hydrogen-bond acceptors (Lipinski definition) is 2. The monoisotopic (exact) mass is 373 g/mol. The van der Waals surface area contributed by atoms with Crippen molar-refractivity contribution < 1.29 is 9.18 Å². The maximum absolute atomic E-state index is 13.6. The molecule has 0 aliphatic heterocycles. The predicted molar refractivity (Wildman–Crippen MR) is 92.7 cm³/mol. The van der Waals surface area contributed by atoms with Crippen LogP contribution in [0.2, 0.25) is 0 Å². The van der Waals surface area contributed by atoms with Gasteiger partial charge in [0.15, 0.2) is 0 Å². The molecule has 0 radical (unpaired) electrons. The minimum Gasteiger partial charge on any atom is -0.335 e. The molecule has 0 heterocycles. The number of carbonyl (C=O) groups excluding carboxylic acids is 1. The highest BCUT2D eigenvalue weighted by Crippen LogP contribution is 2.19. The van der Waals surface area contributed by atoms with E-state index in [1.54, 1.807) is 6.07 Å². The molecule has 2 N–H and O–H groups in total. The van der Waals surface area contributed by atoms with Crippen molar-refractivity contribution in [3.05, 3.63) is 28.5 Å². The Kier molecular flexibility index (Phi) is 8.42. The molecule has 0 saturated carbocycles.